The van der Waals surface area contributed by atoms with E-state index in [0.717, 1.165) is 5.56 Å². The Morgan fingerprint density at radius 2 is 2.09 bits per heavy atom. The molecule has 1 fully saturated rings. The third-order valence-corrected chi connectivity index (χ3v) is 3.85. The first kappa shape index (κ1) is 15.9. The van der Waals surface area contributed by atoms with E-state index in [9.17, 15) is 4.79 Å². The number of hydrogen-bond donors (Lipinski definition) is 1. The Kier molecular flexibility index (Phi) is 4.08. The molecule has 0 spiro atoms. The van der Waals surface area contributed by atoms with Crippen LogP contribution in [0.25, 0.3) is 11.5 Å². The van der Waals surface area contributed by atoms with Gasteiger partial charge in [-0.3, -0.25) is 4.79 Å². The van der Waals surface area contributed by atoms with Crippen LogP contribution in [0.4, 0.5) is 0 Å². The topological polar surface area (TPSA) is 71.4 Å². The van der Waals surface area contributed by atoms with Gasteiger partial charge in [0, 0.05) is 24.2 Å². The Morgan fingerprint density at radius 1 is 1.39 bits per heavy atom. The predicted octanol–water partition coefficient (Wildman–Crippen LogP) is 3.04. The maximum atomic E-state index is 12.7. The molecule has 2 aromatic rings. The van der Waals surface area contributed by atoms with Crippen LogP contribution in [0.2, 0.25) is 0 Å². The van der Waals surface area contributed by atoms with E-state index in [4.69, 9.17) is 21.4 Å². The third kappa shape index (κ3) is 3.51. The van der Waals surface area contributed by atoms with Crippen molar-refractivity contribution in [3.8, 4) is 11.5 Å². The Morgan fingerprint density at radius 3 is 2.65 bits per heavy atom. The number of morpholine rings is 1. The smallest absolute Gasteiger partial charge is 0.284 e. The number of nitrogens with one attached hydrogen (secondary N) is 1. The zero-order valence-electron chi connectivity index (χ0n) is 13.3. The summed E-state index contributed by atoms with van der Waals surface area (Å²) >= 11 is 4.86. The second kappa shape index (κ2) is 5.90. The Balaban J connectivity index is 1.79. The van der Waals surface area contributed by atoms with Gasteiger partial charge in [-0.2, -0.15) is 0 Å². The van der Waals surface area contributed by atoms with Crippen molar-refractivity contribution in [3.05, 3.63) is 34.7 Å². The average Bonchev–Trinajstić information content (AvgIpc) is 2.91. The Bertz CT molecular complexity index is 763. The van der Waals surface area contributed by atoms with Gasteiger partial charge in [-0.25, -0.2) is 5.10 Å². The molecule has 0 radical (unpaired) electrons. The fraction of sp³-hybridized carbons (Fsp3) is 0.438. The maximum absolute atomic E-state index is 12.7. The fourth-order valence-electron chi connectivity index (χ4n) is 2.90. The highest BCUT2D eigenvalue weighted by molar-refractivity contribution is 7.71. The van der Waals surface area contributed by atoms with Crippen molar-refractivity contribution in [2.75, 3.05) is 13.1 Å². The molecule has 1 N–H and O–H groups in total. The van der Waals surface area contributed by atoms with Gasteiger partial charge in [-0.15, -0.1) is 5.10 Å². The summed E-state index contributed by atoms with van der Waals surface area (Å²) in [4.78, 5) is 14.8. The minimum absolute atomic E-state index is 0.00250. The molecular weight excluding hydrogens is 314 g/mol. The van der Waals surface area contributed by atoms with Crippen LogP contribution in [0.3, 0.4) is 0 Å². The van der Waals surface area contributed by atoms with Gasteiger partial charge in [0.2, 0.25) is 5.89 Å². The lowest BCUT2D eigenvalue weighted by Crippen LogP contribution is -2.53. The second-order valence-corrected chi connectivity index (χ2v) is 6.74. The lowest BCUT2D eigenvalue weighted by molar-refractivity contribution is -0.118. The van der Waals surface area contributed by atoms with Crippen molar-refractivity contribution in [1.82, 2.24) is 15.1 Å². The summed E-state index contributed by atoms with van der Waals surface area (Å²) in [6, 6.07) is 7.16. The van der Waals surface area contributed by atoms with E-state index in [1.165, 1.54) is 0 Å². The van der Waals surface area contributed by atoms with Crippen LogP contribution in [0.15, 0.2) is 28.7 Å². The van der Waals surface area contributed by atoms with Crippen molar-refractivity contribution >= 4 is 18.1 Å². The highest BCUT2D eigenvalue weighted by atomic mass is 32.1. The van der Waals surface area contributed by atoms with Crippen LogP contribution in [0, 0.1) is 4.84 Å². The highest BCUT2D eigenvalue weighted by Crippen LogP contribution is 2.23. The number of benzene rings is 1. The van der Waals surface area contributed by atoms with E-state index in [1.807, 2.05) is 25.7 Å². The second-order valence-electron chi connectivity index (χ2n) is 6.37. The molecule has 0 saturated carbocycles. The fourth-order valence-corrected chi connectivity index (χ4v) is 3.02. The van der Waals surface area contributed by atoms with Crippen LogP contribution >= 0.6 is 12.2 Å². The molecule has 1 aromatic heterocycles. The van der Waals surface area contributed by atoms with Gasteiger partial charge >= 0.3 is 0 Å². The quantitative estimate of drug-likeness (QED) is 0.855. The molecular formula is C16H19N3O3S. The van der Waals surface area contributed by atoms with E-state index in [0.29, 0.717) is 24.5 Å². The van der Waals surface area contributed by atoms with Crippen molar-refractivity contribution in [2.45, 2.75) is 32.5 Å². The summed E-state index contributed by atoms with van der Waals surface area (Å²) in [5.74, 6) is 0.415. The molecule has 3 rings (SSSR count). The molecule has 0 bridgehead atoms. The van der Waals surface area contributed by atoms with Crippen molar-refractivity contribution in [1.29, 1.82) is 0 Å². The van der Waals surface area contributed by atoms with E-state index in [-0.39, 0.29) is 22.4 Å². The summed E-state index contributed by atoms with van der Waals surface area (Å²) < 4.78 is 11.1. The lowest BCUT2D eigenvalue weighted by Gasteiger charge is -2.41. The van der Waals surface area contributed by atoms with Gasteiger partial charge in [0.15, 0.2) is 0 Å². The molecule has 1 atom stereocenters. The van der Waals surface area contributed by atoms with Crippen LogP contribution in [0.1, 0.15) is 31.1 Å². The number of carbonyl (C=O) groups excluding carboxylic acids is 1. The number of rotatable bonds is 2. The summed E-state index contributed by atoms with van der Waals surface area (Å²) in [5.41, 5.74) is 1.07. The summed E-state index contributed by atoms with van der Waals surface area (Å²) in [6.07, 6.45) is 0.0234. The molecule has 122 valence electrons. The predicted molar refractivity (Wildman–Crippen MR) is 87.7 cm³/mol. The van der Waals surface area contributed by atoms with Gasteiger partial charge in [-0.05, 0) is 57.3 Å². The van der Waals surface area contributed by atoms with Gasteiger partial charge in [0.05, 0.1) is 11.7 Å². The number of nitrogens with zero attached hydrogens (tertiary/aromatic N) is 2. The molecule has 2 heterocycles. The number of ether oxygens (including phenoxy) is 1. The van der Waals surface area contributed by atoms with Crippen LogP contribution in [0.5, 0.6) is 0 Å². The SMILES string of the molecule is C[C@@H]1CN(C(=O)c2ccc(-c3n[nH]c(=S)o3)cc2)CC(C)(C)O1. The van der Waals surface area contributed by atoms with E-state index < -0.39 is 0 Å². The lowest BCUT2D eigenvalue weighted by atomic mass is 10.0. The number of aromatic nitrogens is 2. The van der Waals surface area contributed by atoms with Crippen LogP contribution in [-0.4, -0.2) is 45.8 Å². The normalized spacial score (nSPS) is 20.5. The molecule has 7 heteroatoms. The molecule has 23 heavy (non-hydrogen) atoms. The monoisotopic (exact) mass is 333 g/mol. The zero-order chi connectivity index (χ0) is 16.6. The van der Waals surface area contributed by atoms with E-state index in [1.54, 1.807) is 24.3 Å². The van der Waals surface area contributed by atoms with Gasteiger partial charge in [-0.1, -0.05) is 0 Å². The standard InChI is InChI=1S/C16H19N3O3S/c1-10-8-19(9-16(2,3)22-10)14(20)12-6-4-11(5-7-12)13-17-18-15(23)21-13/h4-7,10H,8-9H2,1-3H3,(H,18,23)/t10-/m1/s1. The van der Waals surface area contributed by atoms with Crippen molar-refractivity contribution < 1.29 is 13.9 Å². The molecule has 1 saturated heterocycles. The van der Waals surface area contributed by atoms with E-state index in [2.05, 4.69) is 10.2 Å². The first-order chi connectivity index (χ1) is 10.8. The summed E-state index contributed by atoms with van der Waals surface area (Å²) in [6.45, 7) is 7.15. The number of aromatic amines is 1. The van der Waals surface area contributed by atoms with Gasteiger partial charge in [0.1, 0.15) is 0 Å². The van der Waals surface area contributed by atoms with Crippen LogP contribution < -0.4 is 0 Å². The van der Waals surface area contributed by atoms with Gasteiger partial charge < -0.3 is 14.1 Å². The number of H-pyrrole nitrogens is 1. The molecule has 0 unspecified atom stereocenters. The van der Waals surface area contributed by atoms with Crippen molar-refractivity contribution in [3.63, 3.8) is 0 Å². The van der Waals surface area contributed by atoms with Gasteiger partial charge in [0.25, 0.3) is 10.7 Å². The Hall–Kier alpha value is -1.99. The average molecular weight is 333 g/mol. The molecule has 6 nitrogen and oxygen atoms in total. The summed E-state index contributed by atoms with van der Waals surface area (Å²) in [7, 11) is 0. The minimum Gasteiger partial charge on any atom is -0.409 e. The molecule has 1 amide bonds. The van der Waals surface area contributed by atoms with Crippen molar-refractivity contribution in [2.24, 2.45) is 0 Å². The Labute approximate surface area is 139 Å². The zero-order valence-corrected chi connectivity index (χ0v) is 14.1. The highest BCUT2D eigenvalue weighted by Gasteiger charge is 2.34. The first-order valence-electron chi connectivity index (χ1n) is 7.47. The minimum atomic E-state index is -0.332. The van der Waals surface area contributed by atoms with Crippen LogP contribution in [-0.2, 0) is 4.74 Å². The van der Waals surface area contributed by atoms with E-state index >= 15 is 0 Å². The molecule has 1 aromatic carbocycles. The molecule has 1 aliphatic rings. The molecule has 1 aliphatic heterocycles. The first-order valence-corrected chi connectivity index (χ1v) is 7.88. The summed E-state index contributed by atoms with van der Waals surface area (Å²) in [5, 5.41) is 6.55. The number of amides is 1. The third-order valence-electron chi connectivity index (χ3n) is 3.67. The largest absolute Gasteiger partial charge is 0.409 e. The maximum Gasteiger partial charge on any atom is 0.284 e. The number of hydrogen-bond acceptors (Lipinski definition) is 5. The number of carbonyl (C=O) groups is 1. The molecule has 0 aliphatic carbocycles.